The molecule has 0 atom stereocenters. The summed E-state index contributed by atoms with van der Waals surface area (Å²) in [4.78, 5) is 3.57. The summed E-state index contributed by atoms with van der Waals surface area (Å²) < 4.78 is 39.2. The number of hydrogen-bond acceptors (Lipinski definition) is 2. The minimum Gasteiger partial charge on any atom is -0.294 e. The summed E-state index contributed by atoms with van der Waals surface area (Å²) in [6, 6.07) is 6.56. The van der Waals surface area contributed by atoms with E-state index in [2.05, 4.69) is 4.98 Å². The van der Waals surface area contributed by atoms with E-state index in [9.17, 15) is 13.2 Å². The Kier molecular flexibility index (Phi) is 3.43. The fourth-order valence-electron chi connectivity index (χ4n) is 1.46. The Morgan fingerprint density at radius 1 is 1.22 bits per heavy atom. The molecule has 0 aliphatic rings. The number of nitrogens with zero attached hydrogens (tertiary/aromatic N) is 2. The van der Waals surface area contributed by atoms with Gasteiger partial charge in [-0.05, 0) is 18.4 Å². The van der Waals surface area contributed by atoms with E-state index in [0.717, 1.165) is 18.0 Å². The van der Waals surface area contributed by atoms with Crippen molar-refractivity contribution in [3.8, 4) is 5.69 Å². The lowest BCUT2D eigenvalue weighted by Crippen LogP contribution is -2.05. The van der Waals surface area contributed by atoms with E-state index in [1.54, 1.807) is 30.5 Å². The molecule has 0 aliphatic heterocycles. The van der Waals surface area contributed by atoms with E-state index in [1.807, 2.05) is 0 Å². The lowest BCUT2D eigenvalue weighted by Gasteiger charge is -2.05. The van der Waals surface area contributed by atoms with Crippen molar-refractivity contribution in [1.29, 1.82) is 0 Å². The topological polar surface area (TPSA) is 17.8 Å². The average Bonchev–Trinajstić information content (AvgIpc) is 2.73. The van der Waals surface area contributed by atoms with Crippen LogP contribution in [0.25, 0.3) is 5.69 Å². The van der Waals surface area contributed by atoms with E-state index in [1.165, 1.54) is 4.57 Å². The summed E-state index contributed by atoms with van der Waals surface area (Å²) in [5.41, 5.74) is 0.251. The van der Waals surface area contributed by atoms with Crippen molar-refractivity contribution in [1.82, 2.24) is 9.55 Å². The third-order valence-corrected chi connectivity index (χ3v) is 2.97. The molecule has 1 aromatic heterocycles. The van der Waals surface area contributed by atoms with E-state index in [0.29, 0.717) is 11.2 Å². The molecule has 2 aromatic rings. The third-order valence-electron chi connectivity index (χ3n) is 2.32. The van der Waals surface area contributed by atoms with Crippen LogP contribution in [0.4, 0.5) is 13.2 Å². The summed E-state index contributed by atoms with van der Waals surface area (Å²) in [6.07, 6.45) is -1.78. The lowest BCUT2D eigenvalue weighted by atomic mass is 9.96. The normalized spacial score (nSPS) is 11.8. The Balaban J connectivity index is 2.50. The fourth-order valence-corrected chi connectivity index (χ4v) is 2.01. The SMILES string of the molecule is [B]c1ccc(-n2cc(C(F)(F)F)nc2SC)cc1. The Morgan fingerprint density at radius 2 is 1.83 bits per heavy atom. The molecule has 0 amide bonds. The number of hydrogen-bond donors (Lipinski definition) is 0. The second-order valence-electron chi connectivity index (χ2n) is 3.57. The van der Waals surface area contributed by atoms with Gasteiger partial charge < -0.3 is 0 Å². The zero-order chi connectivity index (χ0) is 13.3. The summed E-state index contributed by atoms with van der Waals surface area (Å²) in [5.74, 6) is 0. The molecule has 1 heterocycles. The van der Waals surface area contributed by atoms with Gasteiger partial charge in [0, 0.05) is 11.9 Å². The summed E-state index contributed by atoms with van der Waals surface area (Å²) in [7, 11) is 5.54. The molecule has 0 N–H and O–H groups in total. The minimum atomic E-state index is -4.44. The van der Waals surface area contributed by atoms with Gasteiger partial charge in [-0.2, -0.15) is 13.2 Å². The Morgan fingerprint density at radius 3 is 2.33 bits per heavy atom. The molecule has 92 valence electrons. The zero-order valence-corrected chi connectivity index (χ0v) is 10.2. The molecule has 2 rings (SSSR count). The largest absolute Gasteiger partial charge is 0.434 e. The Bertz CT molecular complexity index is 548. The van der Waals surface area contributed by atoms with Crippen molar-refractivity contribution < 1.29 is 13.2 Å². The van der Waals surface area contributed by atoms with Crippen LogP contribution in [-0.4, -0.2) is 23.7 Å². The molecular formula is C11H8BF3N2S. The maximum atomic E-state index is 12.6. The van der Waals surface area contributed by atoms with Gasteiger partial charge in [-0.3, -0.25) is 4.57 Å². The van der Waals surface area contributed by atoms with Crippen LogP contribution >= 0.6 is 11.8 Å². The molecule has 2 nitrogen and oxygen atoms in total. The maximum absolute atomic E-state index is 12.6. The molecule has 18 heavy (non-hydrogen) atoms. The number of rotatable bonds is 2. The summed E-state index contributed by atoms with van der Waals surface area (Å²) >= 11 is 1.15. The minimum absolute atomic E-state index is 0.284. The molecule has 2 radical (unpaired) electrons. The van der Waals surface area contributed by atoms with Gasteiger partial charge in [-0.15, -0.1) is 0 Å². The van der Waals surface area contributed by atoms with Crippen LogP contribution in [0.2, 0.25) is 0 Å². The van der Waals surface area contributed by atoms with Gasteiger partial charge in [-0.25, -0.2) is 4.98 Å². The van der Waals surface area contributed by atoms with Crippen molar-refractivity contribution in [2.75, 3.05) is 6.26 Å². The van der Waals surface area contributed by atoms with Gasteiger partial charge in [0.15, 0.2) is 10.9 Å². The fraction of sp³-hybridized carbons (Fsp3) is 0.182. The molecular weight excluding hydrogens is 260 g/mol. The first-order valence-corrected chi connectivity index (χ1v) is 6.21. The van der Waals surface area contributed by atoms with Gasteiger partial charge in [0.2, 0.25) is 0 Å². The van der Waals surface area contributed by atoms with Gasteiger partial charge in [0.1, 0.15) is 7.85 Å². The molecule has 0 saturated heterocycles. The molecule has 0 aliphatic carbocycles. The molecule has 0 saturated carbocycles. The average molecular weight is 268 g/mol. The van der Waals surface area contributed by atoms with Crippen molar-refractivity contribution >= 4 is 25.1 Å². The Labute approximate surface area is 108 Å². The molecule has 1 aromatic carbocycles. The number of aromatic nitrogens is 2. The van der Waals surface area contributed by atoms with Crippen LogP contribution in [0.15, 0.2) is 35.6 Å². The number of alkyl halides is 3. The Hall–Kier alpha value is -1.37. The van der Waals surface area contributed by atoms with Gasteiger partial charge >= 0.3 is 6.18 Å². The highest BCUT2D eigenvalue weighted by Crippen LogP contribution is 2.31. The first kappa shape index (κ1) is 13.1. The number of imidazole rings is 1. The predicted molar refractivity (Wildman–Crippen MR) is 65.7 cm³/mol. The van der Waals surface area contributed by atoms with Crippen LogP contribution in [-0.2, 0) is 6.18 Å². The smallest absolute Gasteiger partial charge is 0.294 e. The van der Waals surface area contributed by atoms with Crippen molar-refractivity contribution in [2.45, 2.75) is 11.3 Å². The summed E-state index contributed by atoms with van der Waals surface area (Å²) in [5, 5.41) is 0.284. The molecule has 0 bridgehead atoms. The van der Waals surface area contributed by atoms with E-state index < -0.39 is 11.9 Å². The molecule has 0 fully saturated rings. The van der Waals surface area contributed by atoms with E-state index in [-0.39, 0.29) is 5.16 Å². The number of thioether (sulfide) groups is 1. The predicted octanol–water partition coefficient (Wildman–Crippen LogP) is 2.41. The quantitative estimate of drug-likeness (QED) is 0.615. The van der Waals surface area contributed by atoms with Gasteiger partial charge in [0.05, 0.1) is 0 Å². The second kappa shape index (κ2) is 4.72. The van der Waals surface area contributed by atoms with Crippen LogP contribution in [0.1, 0.15) is 5.69 Å². The molecule has 0 spiro atoms. The first-order chi connectivity index (χ1) is 8.41. The standard InChI is InChI=1S/C11H8BF3N2S/c1-18-10-16-9(11(13,14)15)6-17(10)8-4-2-7(12)3-5-8/h2-6H,1H3. The monoisotopic (exact) mass is 268 g/mol. The highest BCUT2D eigenvalue weighted by molar-refractivity contribution is 7.98. The van der Waals surface area contributed by atoms with Crippen LogP contribution < -0.4 is 5.46 Å². The van der Waals surface area contributed by atoms with Crippen LogP contribution in [0.5, 0.6) is 0 Å². The van der Waals surface area contributed by atoms with Crippen molar-refractivity contribution in [3.05, 3.63) is 36.2 Å². The van der Waals surface area contributed by atoms with E-state index >= 15 is 0 Å². The first-order valence-electron chi connectivity index (χ1n) is 4.98. The van der Waals surface area contributed by atoms with Crippen molar-refractivity contribution in [2.24, 2.45) is 0 Å². The zero-order valence-electron chi connectivity index (χ0n) is 9.40. The number of benzene rings is 1. The number of halogens is 3. The third kappa shape index (κ3) is 2.55. The highest BCUT2D eigenvalue weighted by Gasteiger charge is 2.34. The van der Waals surface area contributed by atoms with Crippen molar-refractivity contribution in [3.63, 3.8) is 0 Å². The molecule has 7 heteroatoms. The summed E-state index contributed by atoms with van der Waals surface area (Å²) in [6.45, 7) is 0. The van der Waals surface area contributed by atoms with Crippen LogP contribution in [0, 0.1) is 0 Å². The van der Waals surface area contributed by atoms with E-state index in [4.69, 9.17) is 7.85 Å². The maximum Gasteiger partial charge on any atom is 0.434 e. The van der Waals surface area contributed by atoms with Gasteiger partial charge in [-0.1, -0.05) is 29.4 Å². The highest BCUT2D eigenvalue weighted by atomic mass is 32.2. The molecule has 0 unspecified atom stereocenters. The van der Waals surface area contributed by atoms with Gasteiger partial charge in [0.25, 0.3) is 0 Å². The van der Waals surface area contributed by atoms with Crippen LogP contribution in [0.3, 0.4) is 0 Å². The second-order valence-corrected chi connectivity index (χ2v) is 4.35. The lowest BCUT2D eigenvalue weighted by molar-refractivity contribution is -0.141.